The monoisotopic (exact) mass is 471 g/mol. The third-order valence-electron chi connectivity index (χ3n) is 5.88. The minimum absolute atomic E-state index is 0.178. The Hall–Kier alpha value is -3.87. The van der Waals surface area contributed by atoms with Gasteiger partial charge in [0.1, 0.15) is 16.8 Å². The average Bonchev–Trinajstić information content (AvgIpc) is 3.27. The SMILES string of the molecule is CCN(CC)c1ccc(-n2nc3cc(C)c(NC(=O)c4ccc(OCC(C)C)cc4)cc3n2)cc1. The number of nitrogens with zero attached hydrogens (tertiary/aromatic N) is 4. The molecular formula is C28H33N5O2. The smallest absolute Gasteiger partial charge is 0.255 e. The predicted octanol–water partition coefficient (Wildman–Crippen LogP) is 5.86. The molecule has 0 atom stereocenters. The van der Waals surface area contributed by atoms with Crippen molar-refractivity contribution in [2.24, 2.45) is 5.92 Å². The van der Waals surface area contributed by atoms with Gasteiger partial charge in [-0.25, -0.2) is 0 Å². The lowest BCUT2D eigenvalue weighted by atomic mass is 10.1. The molecule has 4 rings (SSSR count). The van der Waals surface area contributed by atoms with Gasteiger partial charge in [-0.2, -0.15) is 4.80 Å². The number of carbonyl (C=O) groups excluding carboxylic acids is 1. The number of fused-ring (bicyclic) bond motifs is 1. The van der Waals surface area contributed by atoms with Gasteiger partial charge in [0.05, 0.1) is 12.3 Å². The molecule has 0 fully saturated rings. The molecule has 0 saturated heterocycles. The lowest BCUT2D eigenvalue weighted by Crippen LogP contribution is -2.21. The Bertz CT molecular complexity index is 1290. The Morgan fingerprint density at radius 1 is 0.971 bits per heavy atom. The van der Waals surface area contributed by atoms with Gasteiger partial charge in [-0.3, -0.25) is 4.79 Å². The van der Waals surface area contributed by atoms with E-state index in [-0.39, 0.29) is 5.91 Å². The summed E-state index contributed by atoms with van der Waals surface area (Å²) in [5.74, 6) is 1.03. The van der Waals surface area contributed by atoms with Crippen molar-refractivity contribution in [1.29, 1.82) is 0 Å². The molecule has 0 aliphatic heterocycles. The van der Waals surface area contributed by atoms with Gasteiger partial charge < -0.3 is 15.0 Å². The number of anilines is 2. The molecule has 0 aliphatic carbocycles. The van der Waals surface area contributed by atoms with Crippen molar-refractivity contribution in [3.05, 3.63) is 71.8 Å². The van der Waals surface area contributed by atoms with Gasteiger partial charge in [-0.15, -0.1) is 10.2 Å². The number of amides is 1. The van der Waals surface area contributed by atoms with E-state index in [1.54, 1.807) is 16.9 Å². The van der Waals surface area contributed by atoms with E-state index in [0.29, 0.717) is 23.8 Å². The van der Waals surface area contributed by atoms with Crippen LogP contribution >= 0.6 is 0 Å². The van der Waals surface area contributed by atoms with E-state index in [2.05, 4.69) is 60.2 Å². The molecule has 1 N–H and O–H groups in total. The lowest BCUT2D eigenvalue weighted by Gasteiger charge is -2.20. The molecule has 0 saturated carbocycles. The van der Waals surface area contributed by atoms with Crippen LogP contribution in [0.5, 0.6) is 5.75 Å². The minimum Gasteiger partial charge on any atom is -0.493 e. The maximum atomic E-state index is 12.8. The zero-order valence-corrected chi connectivity index (χ0v) is 21.1. The molecule has 0 bridgehead atoms. The van der Waals surface area contributed by atoms with Crippen LogP contribution < -0.4 is 15.0 Å². The highest BCUT2D eigenvalue weighted by Gasteiger charge is 2.13. The molecule has 7 heteroatoms. The molecule has 1 amide bonds. The summed E-state index contributed by atoms with van der Waals surface area (Å²) in [5, 5.41) is 12.3. The van der Waals surface area contributed by atoms with E-state index >= 15 is 0 Å². The zero-order chi connectivity index (χ0) is 24.9. The third-order valence-corrected chi connectivity index (χ3v) is 5.88. The topological polar surface area (TPSA) is 72.3 Å². The largest absolute Gasteiger partial charge is 0.493 e. The number of ether oxygens (including phenoxy) is 1. The Labute approximate surface area is 206 Å². The van der Waals surface area contributed by atoms with Crippen LogP contribution in [0.4, 0.5) is 11.4 Å². The number of hydrogen-bond donors (Lipinski definition) is 1. The summed E-state index contributed by atoms with van der Waals surface area (Å²) in [4.78, 5) is 16.8. The maximum Gasteiger partial charge on any atom is 0.255 e. The number of aromatic nitrogens is 3. The highest BCUT2D eigenvalue weighted by molar-refractivity contribution is 6.05. The summed E-state index contributed by atoms with van der Waals surface area (Å²) in [5.41, 5.74) is 5.77. The number of carbonyl (C=O) groups is 1. The summed E-state index contributed by atoms with van der Waals surface area (Å²) in [7, 11) is 0. The van der Waals surface area contributed by atoms with Crippen molar-refractivity contribution in [2.45, 2.75) is 34.6 Å². The van der Waals surface area contributed by atoms with Crippen molar-refractivity contribution < 1.29 is 9.53 Å². The molecule has 0 radical (unpaired) electrons. The van der Waals surface area contributed by atoms with E-state index in [9.17, 15) is 4.79 Å². The van der Waals surface area contributed by atoms with Crippen molar-refractivity contribution in [2.75, 3.05) is 29.9 Å². The first-order chi connectivity index (χ1) is 16.9. The van der Waals surface area contributed by atoms with Crippen LogP contribution in [0.1, 0.15) is 43.6 Å². The lowest BCUT2D eigenvalue weighted by molar-refractivity contribution is 0.102. The molecule has 3 aromatic carbocycles. The summed E-state index contributed by atoms with van der Waals surface area (Å²) < 4.78 is 5.70. The Morgan fingerprint density at radius 2 is 1.60 bits per heavy atom. The summed E-state index contributed by atoms with van der Waals surface area (Å²) >= 11 is 0. The van der Waals surface area contributed by atoms with Gasteiger partial charge in [-0.05, 0) is 92.9 Å². The van der Waals surface area contributed by atoms with E-state index < -0.39 is 0 Å². The quantitative estimate of drug-likeness (QED) is 0.331. The molecule has 182 valence electrons. The zero-order valence-electron chi connectivity index (χ0n) is 21.1. The first-order valence-corrected chi connectivity index (χ1v) is 12.1. The minimum atomic E-state index is -0.178. The van der Waals surface area contributed by atoms with E-state index in [4.69, 9.17) is 4.74 Å². The van der Waals surface area contributed by atoms with E-state index in [1.807, 2.05) is 43.3 Å². The molecule has 0 spiro atoms. The van der Waals surface area contributed by atoms with Crippen molar-refractivity contribution in [1.82, 2.24) is 15.0 Å². The van der Waals surface area contributed by atoms with Gasteiger partial charge in [0.25, 0.3) is 5.91 Å². The molecule has 0 aliphatic rings. The van der Waals surface area contributed by atoms with Crippen molar-refractivity contribution in [3.8, 4) is 11.4 Å². The molecule has 0 unspecified atom stereocenters. The van der Waals surface area contributed by atoms with Crippen molar-refractivity contribution >= 4 is 28.3 Å². The molecule has 1 aromatic heterocycles. The van der Waals surface area contributed by atoms with E-state index in [1.165, 1.54) is 5.69 Å². The van der Waals surface area contributed by atoms with Crippen LogP contribution in [0.25, 0.3) is 16.7 Å². The third kappa shape index (κ3) is 5.62. The summed E-state index contributed by atoms with van der Waals surface area (Å²) in [6.07, 6.45) is 0. The van der Waals surface area contributed by atoms with Gasteiger partial charge in [0.2, 0.25) is 0 Å². The molecule has 1 heterocycles. The van der Waals surface area contributed by atoms with Crippen LogP contribution in [0.2, 0.25) is 0 Å². The average molecular weight is 472 g/mol. The second-order valence-corrected chi connectivity index (χ2v) is 9.02. The molecule has 35 heavy (non-hydrogen) atoms. The molecular weight excluding hydrogens is 438 g/mol. The van der Waals surface area contributed by atoms with Gasteiger partial charge >= 0.3 is 0 Å². The first kappa shape index (κ1) is 24.3. The number of rotatable bonds is 9. The van der Waals surface area contributed by atoms with Gasteiger partial charge in [0.15, 0.2) is 0 Å². The molecule has 4 aromatic rings. The van der Waals surface area contributed by atoms with Crippen LogP contribution in [-0.4, -0.2) is 40.6 Å². The fourth-order valence-corrected chi connectivity index (χ4v) is 3.86. The van der Waals surface area contributed by atoms with E-state index in [0.717, 1.165) is 41.1 Å². The van der Waals surface area contributed by atoms with Crippen LogP contribution in [-0.2, 0) is 0 Å². The van der Waals surface area contributed by atoms with Crippen LogP contribution in [0, 0.1) is 12.8 Å². The Morgan fingerprint density at radius 3 is 2.20 bits per heavy atom. The maximum absolute atomic E-state index is 12.8. The Balaban J connectivity index is 1.51. The fourth-order valence-electron chi connectivity index (χ4n) is 3.86. The normalized spacial score (nSPS) is 11.1. The van der Waals surface area contributed by atoms with Crippen LogP contribution in [0.3, 0.4) is 0 Å². The highest BCUT2D eigenvalue weighted by atomic mass is 16.5. The highest BCUT2D eigenvalue weighted by Crippen LogP contribution is 2.24. The van der Waals surface area contributed by atoms with Crippen LogP contribution in [0.15, 0.2) is 60.7 Å². The number of benzene rings is 3. The first-order valence-electron chi connectivity index (χ1n) is 12.1. The fraction of sp³-hybridized carbons (Fsp3) is 0.321. The summed E-state index contributed by atoms with van der Waals surface area (Å²) in [6, 6.07) is 19.2. The second-order valence-electron chi connectivity index (χ2n) is 9.02. The summed E-state index contributed by atoms with van der Waals surface area (Å²) in [6.45, 7) is 13.0. The number of aryl methyl sites for hydroxylation is 1. The van der Waals surface area contributed by atoms with Gasteiger partial charge in [0, 0.05) is 30.0 Å². The number of hydrogen-bond acceptors (Lipinski definition) is 5. The van der Waals surface area contributed by atoms with Crippen molar-refractivity contribution in [3.63, 3.8) is 0 Å². The molecule has 7 nitrogen and oxygen atoms in total. The Kier molecular flexibility index (Phi) is 7.34. The second kappa shape index (κ2) is 10.6. The standard InChI is InChI=1S/C28H33N5O2/c1-6-32(7-2)22-10-12-23(13-11-22)33-30-26-16-20(5)25(17-27(26)31-33)29-28(34)21-8-14-24(15-9-21)35-18-19(3)4/h8-17,19H,6-7,18H2,1-5H3,(H,29,34). The predicted molar refractivity (Wildman–Crippen MR) is 142 cm³/mol. The number of nitrogens with one attached hydrogen (secondary N) is 1. The van der Waals surface area contributed by atoms with Gasteiger partial charge in [-0.1, -0.05) is 13.8 Å².